The van der Waals surface area contributed by atoms with Gasteiger partial charge in [0, 0.05) is 34.9 Å². The highest BCUT2D eigenvalue weighted by Crippen LogP contribution is 2.35. The number of hydrogen-bond donors (Lipinski definition) is 1. The van der Waals surface area contributed by atoms with Crippen molar-refractivity contribution in [3.63, 3.8) is 0 Å². The first-order chi connectivity index (χ1) is 13.5. The zero-order chi connectivity index (χ0) is 20.3. The second-order valence-electron chi connectivity index (χ2n) is 6.36. The number of carbonyl (C=O) groups is 1. The Bertz CT molecular complexity index is 971. The van der Waals surface area contributed by atoms with Gasteiger partial charge in [-0.2, -0.15) is 0 Å². The summed E-state index contributed by atoms with van der Waals surface area (Å²) in [5.41, 5.74) is 4.41. The Morgan fingerprint density at radius 2 is 1.32 bits per heavy atom. The Kier molecular flexibility index (Phi) is 5.59. The molecule has 3 rings (SSSR count). The summed E-state index contributed by atoms with van der Waals surface area (Å²) in [4.78, 5) is 12.8. The summed E-state index contributed by atoms with van der Waals surface area (Å²) in [5, 5.41) is 2.90. The average Bonchev–Trinajstić information content (AvgIpc) is 3.05. The number of aryl methyl sites for hydroxylation is 2. The third-order valence-corrected chi connectivity index (χ3v) is 4.60. The summed E-state index contributed by atoms with van der Waals surface area (Å²) in [5.74, 6) is 1.07. The third kappa shape index (κ3) is 3.67. The molecule has 0 atom stereocenters. The fourth-order valence-electron chi connectivity index (χ4n) is 3.17. The molecular weight excluding hydrogens is 356 g/mol. The molecule has 146 valence electrons. The lowest BCUT2D eigenvalue weighted by atomic mass is 10.1. The lowest BCUT2D eigenvalue weighted by molar-refractivity contribution is 0.102. The number of hydrogen-bond acceptors (Lipinski definition) is 4. The Morgan fingerprint density at radius 3 is 1.86 bits per heavy atom. The summed E-state index contributed by atoms with van der Waals surface area (Å²) in [6.45, 7) is 4.12. The van der Waals surface area contributed by atoms with E-state index in [0.717, 1.165) is 17.1 Å². The number of aromatic nitrogens is 1. The lowest BCUT2D eigenvalue weighted by Gasteiger charge is -2.14. The molecule has 3 aromatic rings. The lowest BCUT2D eigenvalue weighted by Crippen LogP contribution is -2.13. The molecule has 1 N–H and O–H groups in total. The number of rotatable bonds is 6. The van der Waals surface area contributed by atoms with Crippen molar-refractivity contribution in [3.05, 3.63) is 65.5 Å². The average molecular weight is 380 g/mol. The van der Waals surface area contributed by atoms with Crippen LogP contribution in [0.5, 0.6) is 17.2 Å². The second-order valence-corrected chi connectivity index (χ2v) is 6.36. The highest BCUT2D eigenvalue weighted by Gasteiger charge is 2.18. The van der Waals surface area contributed by atoms with Crippen LogP contribution in [0.3, 0.4) is 0 Å². The molecule has 0 saturated heterocycles. The monoisotopic (exact) mass is 380 g/mol. The van der Waals surface area contributed by atoms with Gasteiger partial charge >= 0.3 is 0 Å². The van der Waals surface area contributed by atoms with Gasteiger partial charge in [0.05, 0.1) is 26.9 Å². The number of amides is 1. The molecule has 0 aliphatic heterocycles. The van der Waals surface area contributed by atoms with Gasteiger partial charge in [0.2, 0.25) is 0 Å². The van der Waals surface area contributed by atoms with E-state index in [0.29, 0.717) is 28.5 Å². The summed E-state index contributed by atoms with van der Waals surface area (Å²) in [7, 11) is 4.57. The van der Waals surface area contributed by atoms with E-state index in [-0.39, 0.29) is 5.91 Å². The SMILES string of the molecule is COc1cc(OC)c(C(=O)Nc2ccc(-n3c(C)ccc3C)cc2)cc1OC. The highest BCUT2D eigenvalue weighted by molar-refractivity contribution is 6.06. The van der Waals surface area contributed by atoms with Crippen LogP contribution in [0.4, 0.5) is 5.69 Å². The number of ether oxygens (including phenoxy) is 3. The first-order valence-corrected chi connectivity index (χ1v) is 8.85. The van der Waals surface area contributed by atoms with Gasteiger partial charge in [-0.3, -0.25) is 4.79 Å². The Hall–Kier alpha value is -3.41. The van der Waals surface area contributed by atoms with Crippen molar-refractivity contribution in [3.8, 4) is 22.9 Å². The summed E-state index contributed by atoms with van der Waals surface area (Å²) in [6.07, 6.45) is 0. The Morgan fingerprint density at radius 1 is 0.786 bits per heavy atom. The van der Waals surface area contributed by atoms with Crippen molar-refractivity contribution in [1.29, 1.82) is 0 Å². The van der Waals surface area contributed by atoms with E-state index in [1.165, 1.54) is 21.3 Å². The van der Waals surface area contributed by atoms with Crippen LogP contribution in [-0.4, -0.2) is 31.8 Å². The summed E-state index contributed by atoms with van der Waals surface area (Å²) in [6, 6.07) is 15.1. The number of anilines is 1. The summed E-state index contributed by atoms with van der Waals surface area (Å²) < 4.78 is 18.0. The topological polar surface area (TPSA) is 61.7 Å². The van der Waals surface area contributed by atoms with Gasteiger partial charge in [-0.1, -0.05) is 0 Å². The van der Waals surface area contributed by atoms with Crippen molar-refractivity contribution in [2.24, 2.45) is 0 Å². The minimum absolute atomic E-state index is 0.293. The van der Waals surface area contributed by atoms with Crippen LogP contribution in [0.15, 0.2) is 48.5 Å². The molecule has 0 unspecified atom stereocenters. The molecule has 1 amide bonds. The number of benzene rings is 2. The maximum Gasteiger partial charge on any atom is 0.259 e. The molecule has 1 heterocycles. The molecule has 6 nitrogen and oxygen atoms in total. The standard InChI is InChI=1S/C22H24N2O4/c1-14-6-7-15(2)24(14)17-10-8-16(9-11-17)23-22(25)18-12-20(27-4)21(28-5)13-19(18)26-3/h6-13H,1-5H3,(H,23,25). The van der Waals surface area contributed by atoms with Crippen molar-refractivity contribution in [2.75, 3.05) is 26.6 Å². The quantitative estimate of drug-likeness (QED) is 0.690. The largest absolute Gasteiger partial charge is 0.496 e. The molecule has 0 fully saturated rings. The number of methoxy groups -OCH3 is 3. The molecule has 6 heteroatoms. The van der Waals surface area contributed by atoms with Crippen molar-refractivity contribution >= 4 is 11.6 Å². The third-order valence-electron chi connectivity index (χ3n) is 4.60. The minimum atomic E-state index is -0.293. The molecule has 28 heavy (non-hydrogen) atoms. The van der Waals surface area contributed by atoms with Gasteiger partial charge in [0.25, 0.3) is 5.91 Å². The van der Waals surface area contributed by atoms with Crippen LogP contribution < -0.4 is 19.5 Å². The molecule has 0 bridgehead atoms. The van der Waals surface area contributed by atoms with Gasteiger partial charge < -0.3 is 24.1 Å². The van der Waals surface area contributed by atoms with E-state index in [2.05, 4.69) is 35.9 Å². The molecule has 0 aliphatic carbocycles. The van der Waals surface area contributed by atoms with Gasteiger partial charge in [-0.05, 0) is 50.2 Å². The highest BCUT2D eigenvalue weighted by atomic mass is 16.5. The molecule has 0 aliphatic rings. The number of carbonyl (C=O) groups excluding carboxylic acids is 1. The molecule has 0 saturated carbocycles. The maximum atomic E-state index is 12.8. The Labute approximate surface area is 164 Å². The van der Waals surface area contributed by atoms with Crippen LogP contribution in [-0.2, 0) is 0 Å². The van der Waals surface area contributed by atoms with Crippen LogP contribution in [0.2, 0.25) is 0 Å². The van der Waals surface area contributed by atoms with Gasteiger partial charge in [-0.15, -0.1) is 0 Å². The van der Waals surface area contributed by atoms with Crippen molar-refractivity contribution < 1.29 is 19.0 Å². The zero-order valence-corrected chi connectivity index (χ0v) is 16.7. The van der Waals surface area contributed by atoms with Gasteiger partial charge in [0.1, 0.15) is 5.75 Å². The number of nitrogens with zero attached hydrogens (tertiary/aromatic N) is 1. The molecule has 0 radical (unpaired) electrons. The van der Waals surface area contributed by atoms with Crippen molar-refractivity contribution in [2.45, 2.75) is 13.8 Å². The molecule has 2 aromatic carbocycles. The normalized spacial score (nSPS) is 10.5. The van der Waals surface area contributed by atoms with Crippen LogP contribution in [0.1, 0.15) is 21.7 Å². The van der Waals surface area contributed by atoms with Crippen LogP contribution >= 0.6 is 0 Å². The van der Waals surface area contributed by atoms with Crippen LogP contribution in [0, 0.1) is 13.8 Å². The van der Waals surface area contributed by atoms with Crippen LogP contribution in [0.25, 0.3) is 5.69 Å². The van der Waals surface area contributed by atoms with E-state index in [1.54, 1.807) is 12.1 Å². The molecule has 0 spiro atoms. The van der Waals surface area contributed by atoms with E-state index < -0.39 is 0 Å². The zero-order valence-electron chi connectivity index (χ0n) is 16.7. The first kappa shape index (κ1) is 19.4. The van der Waals surface area contributed by atoms with E-state index in [4.69, 9.17) is 14.2 Å². The smallest absolute Gasteiger partial charge is 0.259 e. The van der Waals surface area contributed by atoms with E-state index >= 15 is 0 Å². The Balaban J connectivity index is 1.85. The second kappa shape index (κ2) is 8.08. The summed E-state index contributed by atoms with van der Waals surface area (Å²) >= 11 is 0. The fourth-order valence-corrected chi connectivity index (χ4v) is 3.17. The minimum Gasteiger partial charge on any atom is -0.496 e. The predicted octanol–water partition coefficient (Wildman–Crippen LogP) is 4.37. The molecule has 1 aromatic heterocycles. The van der Waals surface area contributed by atoms with Gasteiger partial charge in [-0.25, -0.2) is 0 Å². The first-order valence-electron chi connectivity index (χ1n) is 8.85. The predicted molar refractivity (Wildman–Crippen MR) is 109 cm³/mol. The number of nitrogens with one attached hydrogen (secondary N) is 1. The fraction of sp³-hybridized carbons (Fsp3) is 0.227. The maximum absolute atomic E-state index is 12.8. The van der Waals surface area contributed by atoms with Gasteiger partial charge in [0.15, 0.2) is 11.5 Å². The van der Waals surface area contributed by atoms with Crippen molar-refractivity contribution in [1.82, 2.24) is 4.57 Å². The van der Waals surface area contributed by atoms with E-state index in [1.807, 2.05) is 24.3 Å². The van der Waals surface area contributed by atoms with E-state index in [9.17, 15) is 4.79 Å². The molecular formula is C22H24N2O4.